The molecule has 0 aliphatic carbocycles. The molecule has 1 aromatic rings. The standard InChI is InChI=1S/C41H102N2Si12/c1-33(2)54(38(46(9,10)11)47(12,13)14,39(48(15,16)17)49(18,19)20)44-45(37-42(7)35(5)36(6)43(37)8)55(34(3)4,40(50(21,22)23)51(24,25)26)41(52(27,28)29)53(30,31)32/h33-34,38-41H,1-32H3. The van der Waals surface area contributed by atoms with Crippen molar-refractivity contribution in [1.29, 1.82) is 0 Å². The third-order valence-electron chi connectivity index (χ3n) is 13.9. The highest BCUT2D eigenvalue weighted by Crippen LogP contribution is 2.59. The minimum Gasteiger partial charge on any atom is -0.445 e. The first-order valence-corrected chi connectivity index (χ1v) is 61.0. The second-order valence-corrected chi connectivity index (χ2v) is 99.8. The summed E-state index contributed by atoms with van der Waals surface area (Å²) >= 11 is 0. The lowest BCUT2D eigenvalue weighted by molar-refractivity contribution is -0.659. The molecule has 0 unspecified atom stereocenters. The van der Waals surface area contributed by atoms with Gasteiger partial charge in [-0.1, -0.05) is 222 Å². The highest BCUT2D eigenvalue weighted by molar-refractivity contribution is 7.62. The van der Waals surface area contributed by atoms with E-state index in [1.165, 1.54) is 8.13 Å². The first-order valence-electron chi connectivity index (χ1n) is 22.4. The number of hydrogen-bond donors (Lipinski definition) is 0. The Morgan fingerprint density at radius 2 is 0.709 bits per heavy atom. The lowest BCUT2D eigenvalue weighted by Crippen LogP contribution is -2.81. The van der Waals surface area contributed by atoms with Crippen molar-refractivity contribution >= 4 is 101 Å². The van der Waals surface area contributed by atoms with Gasteiger partial charge < -0.3 is 8.13 Å². The van der Waals surface area contributed by atoms with Crippen LogP contribution in [0.5, 0.6) is 0 Å². The number of rotatable bonds is 17. The van der Waals surface area contributed by atoms with Crippen LogP contribution in [-0.4, -0.2) is 99.9 Å². The zero-order valence-electron chi connectivity index (χ0n) is 43.9. The summed E-state index contributed by atoms with van der Waals surface area (Å²) in [6, 6.07) is 0. The molecule has 55 heavy (non-hydrogen) atoms. The molecule has 14 heteroatoms. The van der Waals surface area contributed by atoms with Gasteiger partial charge in [-0.3, -0.25) is 0 Å². The molecule has 0 bridgehead atoms. The Morgan fingerprint density at radius 1 is 0.455 bits per heavy atom. The molecule has 0 radical (unpaired) electrons. The number of nitrogens with zero attached hydrogens (tertiary/aromatic N) is 2. The second-order valence-electron chi connectivity index (χ2n) is 27.9. The average Bonchev–Trinajstić information content (AvgIpc) is 3.01. The topological polar surface area (TPSA) is 8.81 Å². The highest BCUT2D eigenvalue weighted by Gasteiger charge is 2.65. The van der Waals surface area contributed by atoms with Gasteiger partial charge in [0.1, 0.15) is 11.4 Å². The van der Waals surface area contributed by atoms with E-state index in [1.54, 1.807) is 11.4 Å². The normalized spacial score (nSPS) is 16.0. The maximum absolute atomic E-state index is 2.89. The van der Waals surface area contributed by atoms with Crippen molar-refractivity contribution in [2.75, 3.05) is 0 Å². The Morgan fingerprint density at radius 3 is 0.873 bits per heavy atom. The molecule has 0 atom stereocenters. The van der Waals surface area contributed by atoms with Gasteiger partial charge in [0.05, 0.1) is 14.1 Å². The molecule has 1 rings (SSSR count). The van der Waals surface area contributed by atoms with Crippen molar-refractivity contribution in [1.82, 2.24) is 4.57 Å². The predicted molar refractivity (Wildman–Crippen MR) is 291 cm³/mol. The molecule has 2 nitrogen and oxygen atoms in total. The monoisotopic (exact) mass is 959 g/mol. The molecule has 1 heterocycles. The van der Waals surface area contributed by atoms with Crippen LogP contribution in [0.2, 0.25) is 187 Å². The average molecular weight is 960 g/mol. The Bertz CT molecular complexity index is 1360. The van der Waals surface area contributed by atoms with Crippen molar-refractivity contribution in [2.45, 2.75) is 229 Å². The molecular formula is C41H102N2Si12. The predicted octanol–water partition coefficient (Wildman–Crippen LogP) is 13.2. The van der Waals surface area contributed by atoms with E-state index in [4.69, 9.17) is 0 Å². The van der Waals surface area contributed by atoms with Crippen molar-refractivity contribution in [2.24, 2.45) is 14.1 Å². The van der Waals surface area contributed by atoms with Crippen molar-refractivity contribution in [3.63, 3.8) is 0 Å². The molecule has 0 spiro atoms. The summed E-state index contributed by atoms with van der Waals surface area (Å²) in [6.07, 6.45) is 0. The van der Waals surface area contributed by atoms with Crippen molar-refractivity contribution in [3.8, 4) is 0 Å². The minimum atomic E-state index is -2.18. The van der Waals surface area contributed by atoms with Crippen molar-refractivity contribution < 1.29 is 4.57 Å². The lowest BCUT2D eigenvalue weighted by Gasteiger charge is -2.70. The van der Waals surface area contributed by atoms with Gasteiger partial charge in [-0.05, 0) is 0 Å². The smallest absolute Gasteiger partial charge is 0.198 e. The van der Waals surface area contributed by atoms with Crippen LogP contribution in [-0.2, 0) is 14.1 Å². The van der Waals surface area contributed by atoms with E-state index in [-0.39, 0.29) is 0 Å². The van der Waals surface area contributed by atoms with E-state index < -0.39 is 87.2 Å². The molecule has 324 valence electrons. The molecule has 0 aliphatic rings. The summed E-state index contributed by atoms with van der Waals surface area (Å²) in [5, 5.41) is 0. The molecule has 0 saturated carbocycles. The van der Waals surface area contributed by atoms with Crippen LogP contribution in [0.1, 0.15) is 39.1 Å². The van der Waals surface area contributed by atoms with E-state index in [2.05, 4.69) is 222 Å². The molecule has 0 N–H and O–H groups in total. The van der Waals surface area contributed by atoms with Gasteiger partial charge in [0.2, 0.25) is 0 Å². The Balaban J connectivity index is 5.79. The van der Waals surface area contributed by atoms with Gasteiger partial charge in [-0.15, -0.1) is 7.59 Å². The zero-order valence-corrected chi connectivity index (χ0v) is 55.9. The first-order chi connectivity index (χ1) is 23.7. The fourth-order valence-electron chi connectivity index (χ4n) is 15.4. The Hall–Kier alpha value is 1.81. The van der Waals surface area contributed by atoms with E-state index >= 15 is 0 Å². The van der Waals surface area contributed by atoms with Gasteiger partial charge in [0.25, 0.3) is 0 Å². The first kappa shape index (κ1) is 54.8. The van der Waals surface area contributed by atoms with Crippen LogP contribution in [0.3, 0.4) is 0 Å². The molecule has 0 aliphatic heterocycles. The SMILES string of the molecule is Cc1c(C)[n+](C)c([Si](=[Si-][Si](C(C)C)(C([Si](C)(C)C)[Si](C)(C)C)C([Si](C)(C)C)[Si](C)(C)C)[Si](C(C)C)(C([Si](C)(C)C)[Si](C)(C)C)C([Si](C)(C)C)[Si](C)(C)C)n1C. The molecular weight excluding hydrogens is 857 g/mol. The van der Waals surface area contributed by atoms with Crippen LogP contribution in [0, 0.1) is 13.8 Å². The molecule has 0 fully saturated rings. The van der Waals surface area contributed by atoms with Crippen LogP contribution in [0.15, 0.2) is 0 Å². The Labute approximate surface area is 361 Å². The molecule has 0 amide bonds. The quantitative estimate of drug-likeness (QED) is 0.109. The van der Waals surface area contributed by atoms with E-state index in [9.17, 15) is 0 Å². The fraction of sp³-hybridized carbons (Fsp3) is 0.927. The van der Waals surface area contributed by atoms with E-state index in [0.717, 1.165) is 30.2 Å². The Kier molecular flexibility index (Phi) is 17.1. The van der Waals surface area contributed by atoms with Crippen LogP contribution >= 0.6 is 0 Å². The van der Waals surface area contributed by atoms with Gasteiger partial charge in [0.15, 0.2) is 5.45 Å². The second kappa shape index (κ2) is 17.2. The summed E-state index contributed by atoms with van der Waals surface area (Å²) < 4.78 is 5.76. The van der Waals surface area contributed by atoms with Crippen LogP contribution in [0.4, 0.5) is 0 Å². The van der Waals surface area contributed by atoms with Gasteiger partial charge in [0, 0.05) is 86.0 Å². The summed E-state index contributed by atoms with van der Waals surface area (Å²) in [5.74, 6) is 0. The van der Waals surface area contributed by atoms with Crippen LogP contribution < -0.4 is 10.0 Å². The summed E-state index contributed by atoms with van der Waals surface area (Å²) in [6.45, 7) is 85.7. The maximum Gasteiger partial charge on any atom is 0.198 e. The third-order valence-corrected chi connectivity index (χ3v) is 124. The van der Waals surface area contributed by atoms with Gasteiger partial charge in [-0.25, -0.2) is 9.13 Å². The number of aromatic nitrogens is 2. The van der Waals surface area contributed by atoms with Crippen LogP contribution in [0.25, 0.3) is 0 Å². The minimum absolute atomic E-state index is 0.810. The molecule has 1 aromatic heterocycles. The highest BCUT2D eigenvalue weighted by atomic mass is 29.6. The molecule has 0 aromatic carbocycles. The number of imidazole rings is 1. The third kappa shape index (κ3) is 11.1. The van der Waals surface area contributed by atoms with Gasteiger partial charge in [-0.2, -0.15) is 0 Å². The summed E-state index contributed by atoms with van der Waals surface area (Å²) in [4.78, 5) is 4.10. The lowest BCUT2D eigenvalue weighted by atomic mass is 10.4. The zero-order chi connectivity index (χ0) is 44.6. The van der Waals surface area contributed by atoms with Crippen molar-refractivity contribution in [3.05, 3.63) is 11.4 Å². The molecule has 0 saturated heterocycles. The van der Waals surface area contributed by atoms with E-state index in [1.807, 2.05) is 5.45 Å². The van der Waals surface area contributed by atoms with E-state index in [0.29, 0.717) is 0 Å². The summed E-state index contributed by atoms with van der Waals surface area (Å²) in [7, 11) is -12.0. The number of hydrogen-bond acceptors (Lipinski definition) is 0. The maximum atomic E-state index is 2.89. The largest absolute Gasteiger partial charge is 0.445 e. The summed E-state index contributed by atoms with van der Waals surface area (Å²) in [5.41, 5.74) is 6.63. The van der Waals surface area contributed by atoms with Gasteiger partial charge >= 0.3 is 0 Å². The fourth-order valence-corrected chi connectivity index (χ4v) is 215.